The largest absolute Gasteiger partial charge is 0.367 e. The van der Waals surface area contributed by atoms with Crippen LogP contribution in [0.3, 0.4) is 0 Å². The first-order valence-electron chi connectivity index (χ1n) is 5.22. The number of unbranched alkanes of at least 4 members (excludes halogenated alkanes) is 1. The number of benzene rings is 1. The highest BCUT2D eigenvalue weighted by Crippen LogP contribution is 2.14. The van der Waals surface area contributed by atoms with Gasteiger partial charge in [0.05, 0.1) is 4.90 Å². The molecule has 0 aromatic heterocycles. The van der Waals surface area contributed by atoms with Gasteiger partial charge in [-0.2, -0.15) is 8.42 Å². The Bertz CT molecular complexity index is 399. The number of aliphatic hydroxyl groups excluding tert-OH is 1. The molecular formula is C11H16O4S. The highest BCUT2D eigenvalue weighted by Gasteiger charge is 2.19. The van der Waals surface area contributed by atoms with Crippen molar-refractivity contribution in [3.63, 3.8) is 0 Å². The Labute approximate surface area is 96.0 Å². The maximum absolute atomic E-state index is 11.6. The summed E-state index contributed by atoms with van der Waals surface area (Å²) in [4.78, 5) is 0.0607. The van der Waals surface area contributed by atoms with Crippen LogP contribution in [0, 0.1) is 0 Å². The minimum Gasteiger partial charge on any atom is -0.367 e. The van der Waals surface area contributed by atoms with Crippen molar-refractivity contribution in [2.45, 2.75) is 37.4 Å². The summed E-state index contributed by atoms with van der Waals surface area (Å²) in [6.45, 7) is 1.96. The van der Waals surface area contributed by atoms with Gasteiger partial charge in [-0.15, -0.1) is 0 Å². The van der Waals surface area contributed by atoms with Gasteiger partial charge in [0.15, 0.2) is 6.29 Å². The summed E-state index contributed by atoms with van der Waals surface area (Å²) in [5, 5.41) is 9.38. The molecule has 1 aromatic carbocycles. The van der Waals surface area contributed by atoms with Crippen LogP contribution < -0.4 is 0 Å². The Morgan fingerprint density at radius 3 is 2.50 bits per heavy atom. The topological polar surface area (TPSA) is 63.6 Å². The van der Waals surface area contributed by atoms with Crippen molar-refractivity contribution < 1.29 is 17.7 Å². The first kappa shape index (κ1) is 13.2. The third-order valence-electron chi connectivity index (χ3n) is 2.07. The van der Waals surface area contributed by atoms with Gasteiger partial charge in [-0.05, 0) is 25.0 Å². The lowest BCUT2D eigenvalue weighted by Crippen LogP contribution is -2.18. The molecule has 1 aromatic rings. The molecule has 0 saturated carbocycles. The molecule has 16 heavy (non-hydrogen) atoms. The fourth-order valence-corrected chi connectivity index (χ4v) is 2.21. The van der Waals surface area contributed by atoms with Gasteiger partial charge in [0, 0.05) is 0 Å². The molecule has 0 heterocycles. The number of aliphatic hydroxyl groups is 1. The number of hydrogen-bond donors (Lipinski definition) is 1. The molecule has 0 bridgehead atoms. The molecule has 0 fully saturated rings. The van der Waals surface area contributed by atoms with Gasteiger partial charge >= 0.3 is 0 Å². The van der Waals surface area contributed by atoms with Gasteiger partial charge in [-0.25, -0.2) is 4.18 Å². The van der Waals surface area contributed by atoms with E-state index in [0.717, 1.165) is 12.8 Å². The highest BCUT2D eigenvalue weighted by atomic mass is 32.2. The van der Waals surface area contributed by atoms with Gasteiger partial charge in [0.25, 0.3) is 10.1 Å². The van der Waals surface area contributed by atoms with Crippen molar-refractivity contribution in [1.82, 2.24) is 0 Å². The summed E-state index contributed by atoms with van der Waals surface area (Å²) in [5.74, 6) is 0. The first-order chi connectivity index (χ1) is 7.56. The average Bonchev–Trinajstić information content (AvgIpc) is 2.27. The Kier molecular flexibility index (Phi) is 4.92. The quantitative estimate of drug-likeness (QED) is 0.613. The molecule has 90 valence electrons. The summed E-state index contributed by atoms with van der Waals surface area (Å²) in [6, 6.07) is 7.79. The zero-order valence-electron chi connectivity index (χ0n) is 9.17. The van der Waals surface area contributed by atoms with E-state index in [1.807, 2.05) is 6.92 Å². The van der Waals surface area contributed by atoms with Crippen LogP contribution in [0.25, 0.3) is 0 Å². The third kappa shape index (κ3) is 3.92. The normalized spacial score (nSPS) is 13.6. The lowest BCUT2D eigenvalue weighted by Gasteiger charge is -2.11. The minimum atomic E-state index is -3.84. The predicted molar refractivity (Wildman–Crippen MR) is 60.2 cm³/mol. The standard InChI is InChI=1S/C11H16O4S/c1-2-3-9-11(12)15-16(13,14)10-7-5-4-6-8-10/h4-8,11-12H,2-3,9H2,1H3. The smallest absolute Gasteiger partial charge is 0.299 e. The number of rotatable bonds is 6. The molecule has 0 aliphatic carbocycles. The highest BCUT2D eigenvalue weighted by molar-refractivity contribution is 7.86. The monoisotopic (exact) mass is 244 g/mol. The Balaban J connectivity index is 2.66. The van der Waals surface area contributed by atoms with Crippen LogP contribution in [0.2, 0.25) is 0 Å². The fourth-order valence-electron chi connectivity index (χ4n) is 1.22. The summed E-state index contributed by atoms with van der Waals surface area (Å²) >= 11 is 0. The van der Waals surface area contributed by atoms with Crippen LogP contribution in [0.1, 0.15) is 26.2 Å². The molecule has 0 saturated heterocycles. The van der Waals surface area contributed by atoms with E-state index in [9.17, 15) is 13.5 Å². The van der Waals surface area contributed by atoms with Crippen LogP contribution in [0.15, 0.2) is 35.2 Å². The van der Waals surface area contributed by atoms with Crippen LogP contribution in [-0.2, 0) is 14.3 Å². The maximum atomic E-state index is 11.6. The van der Waals surface area contributed by atoms with E-state index in [0.29, 0.717) is 6.42 Å². The molecule has 1 unspecified atom stereocenters. The van der Waals surface area contributed by atoms with E-state index < -0.39 is 16.4 Å². The summed E-state index contributed by atoms with van der Waals surface area (Å²) < 4.78 is 27.9. The molecule has 0 amide bonds. The van der Waals surface area contributed by atoms with E-state index >= 15 is 0 Å². The van der Waals surface area contributed by atoms with Gasteiger partial charge < -0.3 is 5.11 Å². The zero-order valence-corrected chi connectivity index (χ0v) is 9.98. The molecule has 1 atom stereocenters. The minimum absolute atomic E-state index is 0.0607. The van der Waals surface area contributed by atoms with Gasteiger partial charge in [-0.3, -0.25) is 0 Å². The molecule has 1 rings (SSSR count). The zero-order chi connectivity index (χ0) is 12.0. The van der Waals surface area contributed by atoms with Crippen molar-refractivity contribution in [1.29, 1.82) is 0 Å². The van der Waals surface area contributed by atoms with Crippen LogP contribution in [-0.4, -0.2) is 19.8 Å². The second kappa shape index (κ2) is 5.98. The van der Waals surface area contributed by atoms with Gasteiger partial charge in [0.1, 0.15) is 0 Å². The van der Waals surface area contributed by atoms with Gasteiger partial charge in [-0.1, -0.05) is 31.5 Å². The third-order valence-corrected chi connectivity index (χ3v) is 3.40. The predicted octanol–water partition coefficient (Wildman–Crippen LogP) is 1.90. The molecular weight excluding hydrogens is 228 g/mol. The van der Waals surface area contributed by atoms with E-state index in [1.54, 1.807) is 18.2 Å². The van der Waals surface area contributed by atoms with Gasteiger partial charge in [0.2, 0.25) is 0 Å². The van der Waals surface area contributed by atoms with Crippen molar-refractivity contribution in [3.8, 4) is 0 Å². The van der Waals surface area contributed by atoms with Crippen LogP contribution in [0.5, 0.6) is 0 Å². The van der Waals surface area contributed by atoms with E-state index in [2.05, 4.69) is 4.18 Å². The fraction of sp³-hybridized carbons (Fsp3) is 0.455. The van der Waals surface area contributed by atoms with Crippen LogP contribution in [0.4, 0.5) is 0 Å². The summed E-state index contributed by atoms with van der Waals surface area (Å²) in [6.07, 6.45) is 0.671. The molecule has 0 spiro atoms. The van der Waals surface area contributed by atoms with Crippen molar-refractivity contribution >= 4 is 10.1 Å². The Morgan fingerprint density at radius 2 is 1.94 bits per heavy atom. The second-order valence-corrected chi connectivity index (χ2v) is 5.03. The molecule has 1 N–H and O–H groups in total. The lowest BCUT2D eigenvalue weighted by atomic mass is 10.2. The summed E-state index contributed by atoms with van der Waals surface area (Å²) in [7, 11) is -3.84. The first-order valence-corrected chi connectivity index (χ1v) is 6.63. The van der Waals surface area contributed by atoms with Crippen LogP contribution >= 0.6 is 0 Å². The molecule has 5 heteroatoms. The SMILES string of the molecule is CCCCC(O)OS(=O)(=O)c1ccccc1. The van der Waals surface area contributed by atoms with E-state index in [1.165, 1.54) is 12.1 Å². The van der Waals surface area contributed by atoms with Crippen molar-refractivity contribution in [3.05, 3.63) is 30.3 Å². The maximum Gasteiger partial charge on any atom is 0.299 e. The Morgan fingerprint density at radius 1 is 1.31 bits per heavy atom. The second-order valence-electron chi connectivity index (χ2n) is 3.46. The average molecular weight is 244 g/mol. The molecule has 0 aliphatic heterocycles. The van der Waals surface area contributed by atoms with Crippen molar-refractivity contribution in [2.75, 3.05) is 0 Å². The molecule has 4 nitrogen and oxygen atoms in total. The number of hydrogen-bond acceptors (Lipinski definition) is 4. The van der Waals surface area contributed by atoms with Crippen molar-refractivity contribution in [2.24, 2.45) is 0 Å². The Hall–Kier alpha value is -0.910. The van der Waals surface area contributed by atoms with E-state index in [4.69, 9.17) is 0 Å². The summed E-state index contributed by atoms with van der Waals surface area (Å²) in [5.41, 5.74) is 0. The van der Waals surface area contributed by atoms with E-state index in [-0.39, 0.29) is 4.90 Å². The molecule has 0 radical (unpaired) electrons. The molecule has 0 aliphatic rings. The lowest BCUT2D eigenvalue weighted by molar-refractivity contribution is -0.0190.